The van der Waals surface area contributed by atoms with E-state index in [0.717, 1.165) is 0 Å². The van der Waals surface area contributed by atoms with Crippen LogP contribution in [-0.2, 0) is 19.1 Å². The summed E-state index contributed by atoms with van der Waals surface area (Å²) in [7, 11) is 0. The highest BCUT2D eigenvalue weighted by Gasteiger charge is 2.39. The maximum absolute atomic E-state index is 11.9. The number of hydrogen-bond acceptors (Lipinski definition) is 4. The van der Waals surface area contributed by atoms with Crippen molar-refractivity contribution in [3.8, 4) is 0 Å². The zero-order valence-corrected chi connectivity index (χ0v) is 12.6. The van der Waals surface area contributed by atoms with Crippen LogP contribution in [0.2, 0.25) is 0 Å². The molecule has 0 saturated heterocycles. The SMILES string of the molecule is C[C@H](OC(C)(C)C)[C@@H](NC(=O)CNC(=O)C(F)(F)F)C(=O)O. The van der Waals surface area contributed by atoms with Crippen molar-refractivity contribution in [2.75, 3.05) is 6.54 Å². The minimum absolute atomic E-state index is 0.678. The zero-order valence-electron chi connectivity index (χ0n) is 12.6. The number of carbonyl (C=O) groups excluding carboxylic acids is 2. The highest BCUT2D eigenvalue weighted by Crippen LogP contribution is 2.14. The Kier molecular flexibility index (Phi) is 6.81. The number of nitrogens with one attached hydrogen (secondary N) is 2. The molecule has 0 aliphatic rings. The van der Waals surface area contributed by atoms with E-state index in [1.165, 1.54) is 12.2 Å². The normalized spacial score (nSPS) is 14.9. The summed E-state index contributed by atoms with van der Waals surface area (Å²) < 4.78 is 41.2. The third-order valence-electron chi connectivity index (χ3n) is 2.26. The molecule has 7 nitrogen and oxygen atoms in total. The highest BCUT2D eigenvalue weighted by molar-refractivity contribution is 5.89. The van der Waals surface area contributed by atoms with Crippen LogP contribution >= 0.6 is 0 Å². The standard InChI is InChI=1S/C12H19F3N2O5/c1-6(22-11(2,3)4)8(9(19)20)17-7(18)5-16-10(21)12(13,14)15/h6,8H,5H2,1-4H3,(H,16,21)(H,17,18)(H,19,20)/t6-,8+/m0/s1. The van der Waals surface area contributed by atoms with Crippen molar-refractivity contribution in [2.45, 2.75) is 51.6 Å². The van der Waals surface area contributed by atoms with E-state index in [1.54, 1.807) is 20.8 Å². The molecule has 3 N–H and O–H groups in total. The second-order valence-electron chi connectivity index (χ2n) is 5.50. The lowest BCUT2D eigenvalue weighted by molar-refractivity contribution is -0.173. The van der Waals surface area contributed by atoms with E-state index in [0.29, 0.717) is 0 Å². The molecule has 0 aliphatic carbocycles. The molecule has 0 saturated carbocycles. The van der Waals surface area contributed by atoms with E-state index in [2.05, 4.69) is 0 Å². The molecule has 0 radical (unpaired) electrons. The lowest BCUT2D eigenvalue weighted by Crippen LogP contribution is -2.53. The average Bonchev–Trinajstić information content (AvgIpc) is 2.28. The lowest BCUT2D eigenvalue weighted by atomic mass is 10.1. The summed E-state index contributed by atoms with van der Waals surface area (Å²) in [5.74, 6) is -4.77. The minimum Gasteiger partial charge on any atom is -0.480 e. The maximum atomic E-state index is 11.9. The van der Waals surface area contributed by atoms with Crippen LogP contribution in [0.3, 0.4) is 0 Å². The van der Waals surface area contributed by atoms with Gasteiger partial charge in [0.25, 0.3) is 0 Å². The fourth-order valence-electron chi connectivity index (χ4n) is 1.49. The predicted octanol–water partition coefficient (Wildman–Crippen LogP) is 0.438. The van der Waals surface area contributed by atoms with Crippen LogP contribution in [0.5, 0.6) is 0 Å². The van der Waals surface area contributed by atoms with Crippen LogP contribution in [0.4, 0.5) is 13.2 Å². The van der Waals surface area contributed by atoms with E-state index in [4.69, 9.17) is 9.84 Å². The number of amides is 2. The summed E-state index contributed by atoms with van der Waals surface area (Å²) in [6, 6.07) is -1.46. The Hall–Kier alpha value is -1.84. The van der Waals surface area contributed by atoms with Gasteiger partial charge in [0.2, 0.25) is 5.91 Å². The van der Waals surface area contributed by atoms with Crippen molar-refractivity contribution in [2.24, 2.45) is 0 Å². The van der Waals surface area contributed by atoms with Gasteiger partial charge in [-0.15, -0.1) is 0 Å². The number of aliphatic carboxylic acids is 1. The summed E-state index contributed by atoms with van der Waals surface area (Å²) in [6.45, 7) is 5.43. The number of carbonyl (C=O) groups is 3. The molecule has 0 fully saturated rings. The molecule has 0 aliphatic heterocycles. The van der Waals surface area contributed by atoms with Gasteiger partial charge in [-0.1, -0.05) is 0 Å². The van der Waals surface area contributed by atoms with Gasteiger partial charge < -0.3 is 20.5 Å². The van der Waals surface area contributed by atoms with Crippen molar-refractivity contribution in [1.82, 2.24) is 10.6 Å². The maximum Gasteiger partial charge on any atom is 0.471 e. The van der Waals surface area contributed by atoms with Crippen LogP contribution in [0, 0.1) is 0 Å². The zero-order chi connectivity index (χ0) is 17.7. The van der Waals surface area contributed by atoms with Crippen molar-refractivity contribution in [3.63, 3.8) is 0 Å². The van der Waals surface area contributed by atoms with Gasteiger partial charge in [-0.2, -0.15) is 13.2 Å². The van der Waals surface area contributed by atoms with Gasteiger partial charge >= 0.3 is 18.1 Å². The van der Waals surface area contributed by atoms with Gasteiger partial charge in [-0.05, 0) is 27.7 Å². The highest BCUT2D eigenvalue weighted by atomic mass is 19.4. The van der Waals surface area contributed by atoms with Gasteiger partial charge in [0.05, 0.1) is 18.2 Å². The Balaban J connectivity index is 4.61. The van der Waals surface area contributed by atoms with Gasteiger partial charge in [0, 0.05) is 0 Å². The third kappa shape index (κ3) is 7.81. The number of carboxylic acid groups (broad SMARTS) is 1. The number of alkyl halides is 3. The molecule has 0 rings (SSSR count). The number of carboxylic acids is 1. The van der Waals surface area contributed by atoms with E-state index in [9.17, 15) is 27.6 Å². The number of hydrogen-bond donors (Lipinski definition) is 3. The molecule has 2 atom stereocenters. The lowest BCUT2D eigenvalue weighted by Gasteiger charge is -2.29. The molecule has 0 aromatic rings. The molecular weight excluding hydrogens is 309 g/mol. The smallest absolute Gasteiger partial charge is 0.471 e. The molecule has 0 unspecified atom stereocenters. The first-order chi connectivity index (χ1) is 9.74. The summed E-state index contributed by atoms with van der Waals surface area (Å²) in [4.78, 5) is 33.1. The minimum atomic E-state index is -5.12. The van der Waals surface area contributed by atoms with Crippen LogP contribution in [-0.4, -0.2) is 53.4 Å². The molecule has 0 spiro atoms. The summed E-state index contributed by atoms with van der Waals surface area (Å²) >= 11 is 0. The average molecular weight is 328 g/mol. The molecule has 0 heterocycles. The van der Waals surface area contributed by atoms with Crippen molar-refractivity contribution >= 4 is 17.8 Å². The molecular formula is C12H19F3N2O5. The predicted molar refractivity (Wildman–Crippen MR) is 68.9 cm³/mol. The van der Waals surface area contributed by atoms with E-state index in [-0.39, 0.29) is 0 Å². The first kappa shape index (κ1) is 20.2. The van der Waals surface area contributed by atoms with E-state index in [1.807, 2.05) is 5.32 Å². The number of rotatable bonds is 6. The Labute approximate surface area is 125 Å². The second-order valence-corrected chi connectivity index (χ2v) is 5.50. The molecule has 0 bridgehead atoms. The second kappa shape index (κ2) is 7.43. The molecule has 128 valence electrons. The molecule has 0 aromatic carbocycles. The van der Waals surface area contributed by atoms with Crippen LogP contribution in [0.15, 0.2) is 0 Å². The Bertz CT molecular complexity index is 431. The van der Waals surface area contributed by atoms with Crippen LogP contribution in [0.25, 0.3) is 0 Å². The van der Waals surface area contributed by atoms with Crippen LogP contribution < -0.4 is 10.6 Å². The van der Waals surface area contributed by atoms with E-state index >= 15 is 0 Å². The molecule has 2 amide bonds. The van der Waals surface area contributed by atoms with Gasteiger partial charge in [-0.3, -0.25) is 9.59 Å². The fourth-order valence-corrected chi connectivity index (χ4v) is 1.49. The van der Waals surface area contributed by atoms with Crippen molar-refractivity contribution in [1.29, 1.82) is 0 Å². The van der Waals surface area contributed by atoms with Gasteiger partial charge in [0.15, 0.2) is 6.04 Å². The van der Waals surface area contributed by atoms with Crippen LogP contribution in [0.1, 0.15) is 27.7 Å². The topological polar surface area (TPSA) is 105 Å². The third-order valence-corrected chi connectivity index (χ3v) is 2.26. The summed E-state index contributed by atoms with van der Waals surface area (Å²) in [5, 5.41) is 12.4. The molecule has 0 aromatic heterocycles. The Morgan fingerprint density at radius 2 is 1.68 bits per heavy atom. The monoisotopic (exact) mass is 328 g/mol. The summed E-state index contributed by atoms with van der Waals surface area (Å²) in [5.41, 5.74) is -0.678. The van der Waals surface area contributed by atoms with Crippen molar-refractivity contribution < 1.29 is 37.4 Å². The van der Waals surface area contributed by atoms with Gasteiger partial charge in [-0.25, -0.2) is 4.79 Å². The first-order valence-electron chi connectivity index (χ1n) is 6.29. The first-order valence-corrected chi connectivity index (χ1v) is 6.29. The largest absolute Gasteiger partial charge is 0.480 e. The van der Waals surface area contributed by atoms with E-state index < -0.39 is 48.3 Å². The fraction of sp³-hybridized carbons (Fsp3) is 0.750. The number of ether oxygens (including phenoxy) is 1. The Morgan fingerprint density at radius 3 is 2.05 bits per heavy atom. The Morgan fingerprint density at radius 1 is 1.18 bits per heavy atom. The quantitative estimate of drug-likeness (QED) is 0.656. The summed E-state index contributed by atoms with van der Waals surface area (Å²) in [6.07, 6.45) is -6.05. The molecule has 10 heteroatoms. The van der Waals surface area contributed by atoms with Crippen molar-refractivity contribution in [3.05, 3.63) is 0 Å². The number of halogens is 3. The van der Waals surface area contributed by atoms with Gasteiger partial charge in [0.1, 0.15) is 0 Å². The molecule has 22 heavy (non-hydrogen) atoms.